The van der Waals surface area contributed by atoms with E-state index in [2.05, 4.69) is 15.5 Å². The zero-order valence-electron chi connectivity index (χ0n) is 13.5. The van der Waals surface area contributed by atoms with Gasteiger partial charge in [-0.3, -0.25) is 10.1 Å². The highest BCUT2D eigenvalue weighted by atomic mass is 35.5. The minimum atomic E-state index is -0.166. The molecule has 0 aliphatic heterocycles. The van der Waals surface area contributed by atoms with Crippen LogP contribution in [-0.2, 0) is 4.79 Å². The van der Waals surface area contributed by atoms with Gasteiger partial charge in [0.15, 0.2) is 0 Å². The number of thioether (sulfide) groups is 1. The van der Waals surface area contributed by atoms with Crippen molar-refractivity contribution in [3.8, 4) is 11.5 Å². The quantitative estimate of drug-likeness (QED) is 0.627. The molecule has 1 N–H and O–H groups in total. The number of benzene rings is 2. The Morgan fingerprint density at radius 1 is 1.20 bits per heavy atom. The van der Waals surface area contributed by atoms with Gasteiger partial charge in [0.05, 0.1) is 0 Å². The first-order valence-corrected chi connectivity index (χ1v) is 9.05. The van der Waals surface area contributed by atoms with E-state index in [-0.39, 0.29) is 11.9 Å². The molecule has 3 aromatic rings. The van der Waals surface area contributed by atoms with Gasteiger partial charge in [-0.15, -0.1) is 16.9 Å². The largest absolute Gasteiger partial charge is 0.403 e. The third-order valence-corrected chi connectivity index (χ3v) is 4.61. The number of aromatic nitrogens is 2. The normalized spacial score (nSPS) is 10.6. The van der Waals surface area contributed by atoms with E-state index in [1.165, 1.54) is 0 Å². The van der Waals surface area contributed by atoms with Gasteiger partial charge in [0.25, 0.3) is 0 Å². The Morgan fingerprint density at radius 3 is 2.76 bits per heavy atom. The smallest absolute Gasteiger partial charge is 0.322 e. The lowest BCUT2D eigenvalue weighted by Crippen LogP contribution is -2.12. The zero-order chi connectivity index (χ0) is 17.6. The molecular weight excluding hydrogens is 358 g/mol. The van der Waals surface area contributed by atoms with E-state index in [9.17, 15) is 4.79 Å². The lowest BCUT2D eigenvalue weighted by Gasteiger charge is -2.02. The molecule has 0 fully saturated rings. The molecule has 25 heavy (non-hydrogen) atoms. The number of amides is 1. The monoisotopic (exact) mass is 373 g/mol. The van der Waals surface area contributed by atoms with Gasteiger partial charge in [-0.1, -0.05) is 34.4 Å². The summed E-state index contributed by atoms with van der Waals surface area (Å²) in [4.78, 5) is 13.0. The van der Waals surface area contributed by atoms with E-state index in [1.54, 1.807) is 11.8 Å². The molecule has 3 rings (SSSR count). The number of halogens is 1. The van der Waals surface area contributed by atoms with Crippen molar-refractivity contribution in [3.63, 3.8) is 0 Å². The minimum absolute atomic E-state index is 0.109. The fraction of sp³-hybridized carbons (Fsp3) is 0.167. The van der Waals surface area contributed by atoms with Crippen LogP contribution in [0.4, 0.5) is 6.01 Å². The molecule has 0 unspecified atom stereocenters. The SMILES string of the molecule is Cc1cccc(-c2nnc(NC(=O)CCSc3ccc(Cl)cc3)o2)c1. The molecule has 0 radical (unpaired) electrons. The molecule has 128 valence electrons. The number of anilines is 1. The van der Waals surface area contributed by atoms with Gasteiger partial charge in [0.2, 0.25) is 11.8 Å². The van der Waals surface area contributed by atoms with Gasteiger partial charge in [0.1, 0.15) is 0 Å². The van der Waals surface area contributed by atoms with Crippen LogP contribution in [0.5, 0.6) is 0 Å². The lowest BCUT2D eigenvalue weighted by molar-refractivity contribution is -0.115. The number of nitrogens with zero attached hydrogens (tertiary/aromatic N) is 2. The number of hydrogen-bond donors (Lipinski definition) is 1. The molecule has 0 saturated heterocycles. The van der Waals surface area contributed by atoms with Crippen LogP contribution in [0, 0.1) is 6.92 Å². The van der Waals surface area contributed by atoms with Crippen LogP contribution in [0.3, 0.4) is 0 Å². The molecule has 2 aromatic carbocycles. The van der Waals surface area contributed by atoms with Crippen LogP contribution in [0.15, 0.2) is 57.8 Å². The highest BCUT2D eigenvalue weighted by Crippen LogP contribution is 2.22. The summed E-state index contributed by atoms with van der Waals surface area (Å²) in [5.41, 5.74) is 1.92. The van der Waals surface area contributed by atoms with Crippen molar-refractivity contribution in [2.75, 3.05) is 11.1 Å². The number of hydrogen-bond acceptors (Lipinski definition) is 5. The maximum atomic E-state index is 12.0. The van der Waals surface area contributed by atoms with Crippen LogP contribution in [-0.4, -0.2) is 21.9 Å². The molecule has 0 aliphatic carbocycles. The second-order valence-electron chi connectivity index (χ2n) is 5.38. The van der Waals surface area contributed by atoms with Crippen LogP contribution < -0.4 is 5.32 Å². The average Bonchev–Trinajstić information content (AvgIpc) is 3.05. The van der Waals surface area contributed by atoms with Crippen molar-refractivity contribution in [2.45, 2.75) is 18.2 Å². The summed E-state index contributed by atoms with van der Waals surface area (Å²) in [5, 5.41) is 11.2. The molecule has 0 spiro atoms. The third-order valence-electron chi connectivity index (χ3n) is 3.35. The molecule has 0 aliphatic rings. The molecule has 1 amide bonds. The summed E-state index contributed by atoms with van der Waals surface area (Å²) in [6, 6.07) is 15.4. The molecule has 0 saturated carbocycles. The average molecular weight is 374 g/mol. The molecule has 1 aromatic heterocycles. The molecule has 5 nitrogen and oxygen atoms in total. The second-order valence-corrected chi connectivity index (χ2v) is 6.99. The Balaban J connectivity index is 1.50. The highest BCUT2D eigenvalue weighted by Gasteiger charge is 2.11. The first kappa shape index (κ1) is 17.5. The van der Waals surface area contributed by atoms with Crippen molar-refractivity contribution < 1.29 is 9.21 Å². The van der Waals surface area contributed by atoms with Crippen molar-refractivity contribution in [1.82, 2.24) is 10.2 Å². The Bertz CT molecular complexity index is 865. The van der Waals surface area contributed by atoms with Crippen molar-refractivity contribution in [1.29, 1.82) is 0 Å². The Kier molecular flexibility index (Phi) is 5.73. The van der Waals surface area contributed by atoms with Crippen molar-refractivity contribution >= 4 is 35.3 Å². The zero-order valence-corrected chi connectivity index (χ0v) is 15.1. The van der Waals surface area contributed by atoms with Crippen LogP contribution in [0.25, 0.3) is 11.5 Å². The van der Waals surface area contributed by atoms with Crippen molar-refractivity contribution in [3.05, 3.63) is 59.1 Å². The summed E-state index contributed by atoms with van der Waals surface area (Å²) in [6.45, 7) is 1.99. The van der Waals surface area contributed by atoms with Gasteiger partial charge < -0.3 is 4.42 Å². The van der Waals surface area contributed by atoms with Gasteiger partial charge in [-0.25, -0.2) is 0 Å². The van der Waals surface area contributed by atoms with Crippen LogP contribution >= 0.6 is 23.4 Å². The predicted molar refractivity (Wildman–Crippen MR) is 99.9 cm³/mol. The molecule has 1 heterocycles. The van der Waals surface area contributed by atoms with Gasteiger partial charge >= 0.3 is 6.01 Å². The predicted octanol–water partition coefficient (Wildman–Crippen LogP) is 4.82. The minimum Gasteiger partial charge on any atom is -0.403 e. The third kappa shape index (κ3) is 5.08. The summed E-state index contributed by atoms with van der Waals surface area (Å²) in [5.74, 6) is 0.863. The van der Waals surface area contributed by atoms with E-state index in [0.717, 1.165) is 16.0 Å². The highest BCUT2D eigenvalue weighted by molar-refractivity contribution is 7.99. The molecular formula is C18H16ClN3O2S. The van der Waals surface area contributed by atoms with E-state index >= 15 is 0 Å². The van der Waals surface area contributed by atoms with Gasteiger partial charge in [-0.05, 0) is 43.3 Å². The fourth-order valence-corrected chi connectivity index (χ4v) is 3.12. The topological polar surface area (TPSA) is 68.0 Å². The second kappa shape index (κ2) is 8.18. The maximum absolute atomic E-state index is 12.0. The van der Waals surface area contributed by atoms with Gasteiger partial charge in [-0.2, -0.15) is 0 Å². The maximum Gasteiger partial charge on any atom is 0.322 e. The first-order chi connectivity index (χ1) is 12.1. The Hall–Kier alpha value is -2.31. The summed E-state index contributed by atoms with van der Waals surface area (Å²) >= 11 is 7.43. The number of nitrogens with one attached hydrogen (secondary N) is 1. The number of carbonyl (C=O) groups excluding carboxylic acids is 1. The Morgan fingerprint density at radius 2 is 2.00 bits per heavy atom. The van der Waals surface area contributed by atoms with E-state index in [0.29, 0.717) is 23.1 Å². The standard InChI is InChI=1S/C18H16ClN3O2S/c1-12-3-2-4-13(11-12)17-21-22-18(24-17)20-16(23)9-10-25-15-7-5-14(19)6-8-15/h2-8,11H,9-10H2,1H3,(H,20,22,23). The van der Waals surface area contributed by atoms with Crippen LogP contribution in [0.1, 0.15) is 12.0 Å². The molecule has 0 bridgehead atoms. The number of rotatable bonds is 6. The van der Waals surface area contributed by atoms with Crippen LogP contribution in [0.2, 0.25) is 5.02 Å². The molecule has 7 heteroatoms. The summed E-state index contributed by atoms with van der Waals surface area (Å²) in [7, 11) is 0. The first-order valence-electron chi connectivity index (χ1n) is 7.69. The Labute approximate surface area is 154 Å². The van der Waals surface area contributed by atoms with E-state index < -0.39 is 0 Å². The number of aryl methyl sites for hydroxylation is 1. The molecule has 0 atom stereocenters. The van der Waals surface area contributed by atoms with Crippen molar-refractivity contribution in [2.24, 2.45) is 0 Å². The fourth-order valence-electron chi connectivity index (χ4n) is 2.14. The number of carbonyl (C=O) groups is 1. The summed E-state index contributed by atoms with van der Waals surface area (Å²) < 4.78 is 5.50. The summed E-state index contributed by atoms with van der Waals surface area (Å²) in [6.07, 6.45) is 0.343. The lowest BCUT2D eigenvalue weighted by atomic mass is 10.1. The van der Waals surface area contributed by atoms with E-state index in [4.69, 9.17) is 16.0 Å². The van der Waals surface area contributed by atoms with E-state index in [1.807, 2.05) is 55.5 Å². The van der Waals surface area contributed by atoms with Gasteiger partial charge in [0, 0.05) is 27.7 Å².